The van der Waals surface area contributed by atoms with Gasteiger partial charge in [0, 0.05) is 25.8 Å². The summed E-state index contributed by atoms with van der Waals surface area (Å²) in [7, 11) is 1.98. The molecule has 2 aromatic rings. The first-order valence-corrected chi connectivity index (χ1v) is 7.35. The fourth-order valence-electron chi connectivity index (χ4n) is 2.81. The van der Waals surface area contributed by atoms with Crippen molar-refractivity contribution in [1.82, 2.24) is 4.90 Å². The van der Waals surface area contributed by atoms with E-state index in [2.05, 4.69) is 24.3 Å². The van der Waals surface area contributed by atoms with E-state index in [0.717, 1.165) is 18.7 Å². The van der Waals surface area contributed by atoms with E-state index in [1.165, 1.54) is 11.1 Å². The molecule has 0 atom stereocenters. The molecule has 0 aromatic heterocycles. The first-order valence-electron chi connectivity index (χ1n) is 7.35. The maximum absolute atomic E-state index is 12.4. The second-order valence-electron chi connectivity index (χ2n) is 5.54. The highest BCUT2D eigenvalue weighted by atomic mass is 16.2. The largest absolute Gasteiger partial charge is 0.365 e. The Morgan fingerprint density at radius 1 is 0.952 bits per heavy atom. The van der Waals surface area contributed by atoms with Crippen LogP contribution in [0.15, 0.2) is 54.6 Å². The molecule has 1 aliphatic rings. The van der Waals surface area contributed by atoms with E-state index in [1.54, 1.807) is 0 Å². The molecule has 1 amide bonds. The van der Waals surface area contributed by atoms with Crippen molar-refractivity contribution in [3.8, 4) is 0 Å². The van der Waals surface area contributed by atoms with E-state index in [1.807, 2.05) is 47.2 Å². The summed E-state index contributed by atoms with van der Waals surface area (Å²) in [5.41, 5.74) is 3.66. The van der Waals surface area contributed by atoms with Crippen molar-refractivity contribution in [2.45, 2.75) is 13.0 Å². The molecular formula is C18H20N2O. The third-order valence-electron chi connectivity index (χ3n) is 4.00. The number of benzene rings is 2. The van der Waals surface area contributed by atoms with Crippen molar-refractivity contribution in [3.63, 3.8) is 0 Å². The summed E-state index contributed by atoms with van der Waals surface area (Å²) in [6.07, 6.45) is 0.901. The van der Waals surface area contributed by atoms with E-state index in [-0.39, 0.29) is 5.91 Å². The van der Waals surface area contributed by atoms with Crippen LogP contribution in [0, 0.1) is 0 Å². The minimum absolute atomic E-state index is 0.199. The molecule has 3 rings (SSSR count). The molecule has 3 nitrogen and oxygen atoms in total. The van der Waals surface area contributed by atoms with E-state index in [4.69, 9.17) is 0 Å². The number of hydrogen-bond donors (Lipinski definition) is 0. The highest BCUT2D eigenvalue weighted by Gasteiger charge is 2.22. The minimum Gasteiger partial charge on any atom is -0.365 e. The smallest absolute Gasteiger partial charge is 0.242 e. The van der Waals surface area contributed by atoms with Crippen molar-refractivity contribution in [2.75, 3.05) is 25.0 Å². The first kappa shape index (κ1) is 13.7. The first-order chi connectivity index (χ1) is 10.2. The van der Waals surface area contributed by atoms with Crippen LogP contribution in [-0.4, -0.2) is 30.9 Å². The van der Waals surface area contributed by atoms with Gasteiger partial charge in [-0.25, -0.2) is 0 Å². The Morgan fingerprint density at radius 3 is 2.48 bits per heavy atom. The van der Waals surface area contributed by atoms with Crippen LogP contribution >= 0.6 is 0 Å². The lowest BCUT2D eigenvalue weighted by molar-refractivity contribution is -0.130. The molecule has 0 aliphatic carbocycles. The number of rotatable bonds is 3. The summed E-state index contributed by atoms with van der Waals surface area (Å²) < 4.78 is 0. The molecule has 1 heterocycles. The molecule has 0 spiro atoms. The van der Waals surface area contributed by atoms with Gasteiger partial charge in [-0.05, 0) is 23.6 Å². The third kappa shape index (κ3) is 3.07. The lowest BCUT2D eigenvalue weighted by Crippen LogP contribution is -2.36. The maximum Gasteiger partial charge on any atom is 0.242 e. The topological polar surface area (TPSA) is 23.6 Å². The predicted octanol–water partition coefficient (Wildman–Crippen LogP) is 2.71. The SMILES string of the molecule is CN1CC(=O)N(CCc2ccccc2)Cc2ccccc21. The fraction of sp³-hybridized carbons (Fsp3) is 0.278. The highest BCUT2D eigenvalue weighted by Crippen LogP contribution is 2.24. The molecule has 2 aromatic carbocycles. The van der Waals surface area contributed by atoms with Gasteiger partial charge in [-0.15, -0.1) is 0 Å². The normalized spacial score (nSPS) is 14.8. The number of nitrogens with zero attached hydrogens (tertiary/aromatic N) is 2. The number of carbonyl (C=O) groups excluding carboxylic acids is 1. The molecule has 1 aliphatic heterocycles. The Bertz CT molecular complexity index is 624. The molecule has 0 bridgehead atoms. The highest BCUT2D eigenvalue weighted by molar-refractivity contribution is 5.83. The zero-order chi connectivity index (χ0) is 14.7. The molecule has 108 valence electrons. The van der Waals surface area contributed by atoms with Gasteiger partial charge < -0.3 is 9.80 Å². The molecular weight excluding hydrogens is 260 g/mol. The molecule has 0 saturated carbocycles. The Labute approximate surface area is 125 Å². The number of para-hydroxylation sites is 1. The van der Waals surface area contributed by atoms with Gasteiger partial charge in [0.2, 0.25) is 5.91 Å². The zero-order valence-corrected chi connectivity index (χ0v) is 12.3. The summed E-state index contributed by atoms with van der Waals surface area (Å²) >= 11 is 0. The Hall–Kier alpha value is -2.29. The average Bonchev–Trinajstić information content (AvgIpc) is 2.63. The lowest BCUT2D eigenvalue weighted by atomic mass is 10.1. The van der Waals surface area contributed by atoms with Crippen LogP contribution < -0.4 is 4.90 Å². The van der Waals surface area contributed by atoms with Crippen LogP contribution in [0.1, 0.15) is 11.1 Å². The lowest BCUT2D eigenvalue weighted by Gasteiger charge is -2.21. The van der Waals surface area contributed by atoms with Gasteiger partial charge in [0.25, 0.3) is 0 Å². The predicted molar refractivity (Wildman–Crippen MR) is 85.3 cm³/mol. The molecule has 0 unspecified atom stereocenters. The van der Waals surface area contributed by atoms with Gasteiger partial charge in [0.05, 0.1) is 6.54 Å². The van der Waals surface area contributed by atoms with E-state index in [0.29, 0.717) is 13.1 Å². The molecule has 0 fully saturated rings. The van der Waals surface area contributed by atoms with Crippen molar-refractivity contribution >= 4 is 11.6 Å². The van der Waals surface area contributed by atoms with Crippen LogP contribution in [0.2, 0.25) is 0 Å². The number of hydrogen-bond acceptors (Lipinski definition) is 2. The molecule has 0 N–H and O–H groups in total. The van der Waals surface area contributed by atoms with E-state index < -0.39 is 0 Å². The number of amides is 1. The van der Waals surface area contributed by atoms with Gasteiger partial charge >= 0.3 is 0 Å². The van der Waals surface area contributed by atoms with Gasteiger partial charge in [0.15, 0.2) is 0 Å². The third-order valence-corrected chi connectivity index (χ3v) is 4.00. The summed E-state index contributed by atoms with van der Waals surface area (Å²) in [5.74, 6) is 0.199. The van der Waals surface area contributed by atoms with Crippen molar-refractivity contribution in [1.29, 1.82) is 0 Å². The number of fused-ring (bicyclic) bond motifs is 1. The zero-order valence-electron chi connectivity index (χ0n) is 12.3. The summed E-state index contributed by atoms with van der Waals surface area (Å²) in [5, 5.41) is 0. The molecule has 3 heteroatoms. The Kier molecular flexibility index (Phi) is 3.91. The van der Waals surface area contributed by atoms with Crippen molar-refractivity contribution in [3.05, 3.63) is 65.7 Å². The molecule has 21 heavy (non-hydrogen) atoms. The second-order valence-corrected chi connectivity index (χ2v) is 5.54. The van der Waals surface area contributed by atoms with Crippen LogP contribution in [0.5, 0.6) is 0 Å². The maximum atomic E-state index is 12.4. The van der Waals surface area contributed by atoms with Crippen LogP contribution in [0.25, 0.3) is 0 Å². The summed E-state index contributed by atoms with van der Waals surface area (Å²) in [6.45, 7) is 1.92. The van der Waals surface area contributed by atoms with Crippen LogP contribution in [0.3, 0.4) is 0 Å². The monoisotopic (exact) mass is 280 g/mol. The van der Waals surface area contributed by atoms with Gasteiger partial charge in [-0.2, -0.15) is 0 Å². The minimum atomic E-state index is 0.199. The quantitative estimate of drug-likeness (QED) is 0.863. The molecule has 0 saturated heterocycles. The molecule has 0 radical (unpaired) electrons. The fourth-order valence-corrected chi connectivity index (χ4v) is 2.81. The van der Waals surface area contributed by atoms with Crippen molar-refractivity contribution < 1.29 is 4.79 Å². The number of carbonyl (C=O) groups is 1. The number of likely N-dealkylation sites (N-methyl/N-ethyl adjacent to an activating group) is 1. The Balaban J connectivity index is 1.75. The van der Waals surface area contributed by atoms with Crippen LogP contribution in [0.4, 0.5) is 5.69 Å². The second kappa shape index (κ2) is 6.00. The summed E-state index contributed by atoms with van der Waals surface area (Å²) in [6, 6.07) is 18.6. The average molecular weight is 280 g/mol. The summed E-state index contributed by atoms with van der Waals surface area (Å²) in [4.78, 5) is 16.4. The van der Waals surface area contributed by atoms with Gasteiger partial charge in [0.1, 0.15) is 0 Å². The Morgan fingerprint density at radius 2 is 1.67 bits per heavy atom. The van der Waals surface area contributed by atoms with E-state index in [9.17, 15) is 4.79 Å². The van der Waals surface area contributed by atoms with Gasteiger partial charge in [-0.3, -0.25) is 4.79 Å². The standard InChI is InChI=1S/C18H20N2O/c1-19-14-18(21)20(12-11-15-7-3-2-4-8-15)13-16-9-5-6-10-17(16)19/h2-10H,11-14H2,1H3. The van der Waals surface area contributed by atoms with E-state index >= 15 is 0 Å². The van der Waals surface area contributed by atoms with Crippen LogP contribution in [-0.2, 0) is 17.8 Å². The van der Waals surface area contributed by atoms with Crippen molar-refractivity contribution in [2.24, 2.45) is 0 Å². The van der Waals surface area contributed by atoms with Gasteiger partial charge in [-0.1, -0.05) is 48.5 Å². The number of anilines is 1.